The highest BCUT2D eigenvalue weighted by Gasteiger charge is 2.32. The van der Waals surface area contributed by atoms with Crippen LogP contribution < -0.4 is 9.47 Å². The fraction of sp³-hybridized carbons (Fsp3) is 0.333. The molecule has 1 saturated heterocycles. The molecular weight excluding hydrogens is 382 g/mol. The predicted octanol–water partition coefficient (Wildman–Crippen LogP) is 2.97. The van der Waals surface area contributed by atoms with Crippen LogP contribution in [0.5, 0.6) is 11.5 Å². The molecule has 29 heavy (non-hydrogen) atoms. The van der Waals surface area contributed by atoms with E-state index in [1.807, 2.05) is 0 Å². The van der Waals surface area contributed by atoms with Crippen LogP contribution in [0.25, 0.3) is 0 Å². The summed E-state index contributed by atoms with van der Waals surface area (Å²) in [5.74, 6) is -1.60. The summed E-state index contributed by atoms with van der Waals surface area (Å²) in [6.07, 6.45) is 0. The standard InChI is InChI=1S/C21H22F2N2O4/c1-13-12-24(20(26)16-6-4-14(28-2)10-18(16)22)8-9-25(13)21(27)17-7-5-15(29-3)11-19(17)23/h4-7,10-11,13H,8-9,12H2,1-3H3/t13-/m0/s1. The number of amides is 2. The number of hydrogen-bond donors (Lipinski definition) is 0. The molecule has 1 fully saturated rings. The van der Waals surface area contributed by atoms with Crippen molar-refractivity contribution in [1.29, 1.82) is 0 Å². The van der Waals surface area contributed by atoms with Crippen molar-refractivity contribution in [2.75, 3.05) is 33.9 Å². The normalized spacial score (nSPS) is 16.5. The van der Waals surface area contributed by atoms with Crippen LogP contribution in [0.15, 0.2) is 36.4 Å². The Kier molecular flexibility index (Phi) is 6.00. The van der Waals surface area contributed by atoms with Crippen molar-refractivity contribution in [2.45, 2.75) is 13.0 Å². The van der Waals surface area contributed by atoms with E-state index >= 15 is 0 Å². The van der Waals surface area contributed by atoms with Gasteiger partial charge < -0.3 is 19.3 Å². The van der Waals surface area contributed by atoms with Crippen LogP contribution in [0.2, 0.25) is 0 Å². The molecule has 0 aromatic heterocycles. The summed E-state index contributed by atoms with van der Waals surface area (Å²) in [5, 5.41) is 0. The van der Waals surface area contributed by atoms with Crippen LogP contribution in [0.1, 0.15) is 27.6 Å². The summed E-state index contributed by atoms with van der Waals surface area (Å²) >= 11 is 0. The number of ether oxygens (including phenoxy) is 2. The maximum absolute atomic E-state index is 14.3. The van der Waals surface area contributed by atoms with E-state index in [0.717, 1.165) is 12.1 Å². The highest BCUT2D eigenvalue weighted by molar-refractivity contribution is 5.96. The molecule has 2 amide bonds. The van der Waals surface area contributed by atoms with E-state index < -0.39 is 23.4 Å². The summed E-state index contributed by atoms with van der Waals surface area (Å²) in [4.78, 5) is 28.5. The average molecular weight is 404 g/mol. The Morgan fingerprint density at radius 3 is 1.86 bits per heavy atom. The van der Waals surface area contributed by atoms with E-state index in [1.165, 1.54) is 48.3 Å². The van der Waals surface area contributed by atoms with Crippen molar-refractivity contribution in [3.63, 3.8) is 0 Å². The van der Waals surface area contributed by atoms with Crippen molar-refractivity contribution < 1.29 is 27.8 Å². The average Bonchev–Trinajstić information content (AvgIpc) is 2.72. The van der Waals surface area contributed by atoms with Crippen LogP contribution in [-0.4, -0.2) is 61.5 Å². The van der Waals surface area contributed by atoms with Crippen molar-refractivity contribution >= 4 is 11.8 Å². The molecule has 8 heteroatoms. The van der Waals surface area contributed by atoms with Gasteiger partial charge in [0.05, 0.1) is 25.3 Å². The van der Waals surface area contributed by atoms with Crippen LogP contribution in [-0.2, 0) is 0 Å². The van der Waals surface area contributed by atoms with Gasteiger partial charge in [-0.3, -0.25) is 9.59 Å². The number of rotatable bonds is 4. The first-order valence-electron chi connectivity index (χ1n) is 9.13. The van der Waals surface area contributed by atoms with Crippen molar-refractivity contribution in [3.8, 4) is 11.5 Å². The topological polar surface area (TPSA) is 59.1 Å². The third kappa shape index (κ3) is 4.16. The van der Waals surface area contributed by atoms with E-state index in [4.69, 9.17) is 9.47 Å². The van der Waals surface area contributed by atoms with Gasteiger partial charge in [0.15, 0.2) is 0 Å². The molecule has 0 unspecified atom stereocenters. The van der Waals surface area contributed by atoms with Gasteiger partial charge in [-0.1, -0.05) is 0 Å². The lowest BCUT2D eigenvalue weighted by molar-refractivity contribution is 0.0409. The van der Waals surface area contributed by atoms with Crippen LogP contribution in [0.3, 0.4) is 0 Å². The molecule has 1 heterocycles. The fourth-order valence-corrected chi connectivity index (χ4v) is 3.36. The monoisotopic (exact) mass is 404 g/mol. The van der Waals surface area contributed by atoms with E-state index in [9.17, 15) is 18.4 Å². The molecule has 2 aromatic carbocycles. The van der Waals surface area contributed by atoms with Gasteiger partial charge in [0.1, 0.15) is 23.1 Å². The molecule has 0 aliphatic carbocycles. The van der Waals surface area contributed by atoms with Gasteiger partial charge in [-0.25, -0.2) is 8.78 Å². The predicted molar refractivity (Wildman–Crippen MR) is 102 cm³/mol. The van der Waals surface area contributed by atoms with Crippen molar-refractivity contribution in [1.82, 2.24) is 9.80 Å². The molecule has 0 spiro atoms. The van der Waals surface area contributed by atoms with Crippen LogP contribution in [0.4, 0.5) is 8.78 Å². The Morgan fingerprint density at radius 2 is 1.41 bits per heavy atom. The quantitative estimate of drug-likeness (QED) is 0.786. The Morgan fingerprint density at radius 1 is 0.897 bits per heavy atom. The summed E-state index contributed by atoms with van der Waals surface area (Å²) in [7, 11) is 2.83. The smallest absolute Gasteiger partial charge is 0.257 e. The van der Waals surface area contributed by atoms with Gasteiger partial charge >= 0.3 is 0 Å². The molecule has 154 valence electrons. The van der Waals surface area contributed by atoms with E-state index in [1.54, 1.807) is 6.92 Å². The largest absolute Gasteiger partial charge is 0.497 e. The number of piperazine rings is 1. The molecular formula is C21H22F2N2O4. The SMILES string of the molecule is COc1ccc(C(=O)N2CCN(C(=O)c3ccc(OC)cc3F)[C@@H](C)C2)c(F)c1. The second-order valence-electron chi connectivity index (χ2n) is 6.79. The van der Waals surface area contributed by atoms with Gasteiger partial charge in [-0.2, -0.15) is 0 Å². The number of benzene rings is 2. The zero-order valence-corrected chi connectivity index (χ0v) is 16.4. The molecule has 1 aliphatic rings. The van der Waals surface area contributed by atoms with Gasteiger partial charge in [-0.05, 0) is 31.2 Å². The Labute approximate surface area is 167 Å². The third-order valence-electron chi connectivity index (χ3n) is 4.99. The van der Waals surface area contributed by atoms with E-state index in [0.29, 0.717) is 11.5 Å². The van der Waals surface area contributed by atoms with Crippen LogP contribution in [0, 0.1) is 11.6 Å². The summed E-state index contributed by atoms with van der Waals surface area (Å²) in [6.45, 7) is 2.42. The third-order valence-corrected chi connectivity index (χ3v) is 4.99. The van der Waals surface area contributed by atoms with Gasteiger partial charge in [0.25, 0.3) is 11.8 Å². The molecule has 0 radical (unpaired) electrons. The maximum atomic E-state index is 14.3. The fourth-order valence-electron chi connectivity index (χ4n) is 3.36. The lowest BCUT2D eigenvalue weighted by atomic mass is 10.1. The Bertz CT molecular complexity index is 935. The van der Waals surface area contributed by atoms with Gasteiger partial charge in [0.2, 0.25) is 0 Å². The first-order chi connectivity index (χ1) is 13.8. The molecule has 0 bridgehead atoms. The molecule has 1 aliphatic heterocycles. The lowest BCUT2D eigenvalue weighted by Crippen LogP contribution is -2.55. The molecule has 0 N–H and O–H groups in total. The van der Waals surface area contributed by atoms with Gasteiger partial charge in [-0.15, -0.1) is 0 Å². The maximum Gasteiger partial charge on any atom is 0.257 e. The molecule has 3 rings (SSSR count). The minimum absolute atomic E-state index is 0.0565. The molecule has 2 aromatic rings. The summed E-state index contributed by atoms with van der Waals surface area (Å²) in [5.41, 5.74) is -0.113. The number of hydrogen-bond acceptors (Lipinski definition) is 4. The van der Waals surface area contributed by atoms with E-state index in [2.05, 4.69) is 0 Å². The van der Waals surface area contributed by atoms with Gasteiger partial charge in [0, 0.05) is 37.8 Å². The second-order valence-corrected chi connectivity index (χ2v) is 6.79. The summed E-state index contributed by atoms with van der Waals surface area (Å²) in [6, 6.07) is 7.76. The minimum atomic E-state index is -0.666. The Balaban J connectivity index is 1.72. The number of carbonyl (C=O) groups is 2. The zero-order valence-electron chi connectivity index (χ0n) is 16.4. The highest BCUT2D eigenvalue weighted by atomic mass is 19.1. The highest BCUT2D eigenvalue weighted by Crippen LogP contribution is 2.22. The number of halogens is 2. The van der Waals surface area contributed by atoms with Crippen LogP contribution >= 0.6 is 0 Å². The minimum Gasteiger partial charge on any atom is -0.497 e. The molecule has 6 nitrogen and oxygen atoms in total. The van der Waals surface area contributed by atoms with Crippen molar-refractivity contribution in [3.05, 3.63) is 59.2 Å². The lowest BCUT2D eigenvalue weighted by Gasteiger charge is -2.40. The molecule has 0 saturated carbocycles. The first kappa shape index (κ1) is 20.6. The number of carbonyl (C=O) groups excluding carboxylic acids is 2. The number of nitrogens with zero attached hydrogens (tertiary/aromatic N) is 2. The first-order valence-corrected chi connectivity index (χ1v) is 9.13. The second kappa shape index (κ2) is 8.46. The van der Waals surface area contributed by atoms with Crippen molar-refractivity contribution in [2.24, 2.45) is 0 Å². The number of methoxy groups -OCH3 is 2. The summed E-state index contributed by atoms with van der Waals surface area (Å²) < 4.78 is 38.4. The Hall–Kier alpha value is -3.16. The van der Waals surface area contributed by atoms with E-state index in [-0.39, 0.29) is 36.8 Å². The zero-order chi connectivity index (χ0) is 21.1. The molecule has 1 atom stereocenters.